The molecule has 0 bridgehead atoms. The van der Waals surface area contributed by atoms with E-state index < -0.39 is 5.41 Å². The van der Waals surface area contributed by atoms with Crippen molar-refractivity contribution in [2.75, 3.05) is 10.6 Å². The van der Waals surface area contributed by atoms with Crippen LogP contribution in [0, 0.1) is 0 Å². The molecular formula is C26H29N3O3. The summed E-state index contributed by atoms with van der Waals surface area (Å²) in [4.78, 5) is 25.1. The lowest BCUT2D eigenvalue weighted by Crippen LogP contribution is -2.28. The lowest BCUT2D eigenvalue weighted by Gasteiger charge is -2.21. The highest BCUT2D eigenvalue weighted by Crippen LogP contribution is 2.49. The van der Waals surface area contributed by atoms with Gasteiger partial charge in [0.2, 0.25) is 5.91 Å². The van der Waals surface area contributed by atoms with Gasteiger partial charge in [0.15, 0.2) is 0 Å². The second-order valence-electron chi connectivity index (χ2n) is 9.33. The number of benzene rings is 2. The number of amides is 3. The average molecular weight is 432 g/mol. The van der Waals surface area contributed by atoms with Crippen molar-refractivity contribution in [1.82, 2.24) is 5.32 Å². The van der Waals surface area contributed by atoms with E-state index in [0.717, 1.165) is 18.4 Å². The van der Waals surface area contributed by atoms with Gasteiger partial charge in [-0.2, -0.15) is 0 Å². The van der Waals surface area contributed by atoms with Gasteiger partial charge >= 0.3 is 6.03 Å². The van der Waals surface area contributed by atoms with E-state index in [4.69, 9.17) is 4.42 Å². The van der Waals surface area contributed by atoms with E-state index in [1.54, 1.807) is 42.7 Å². The molecule has 1 fully saturated rings. The summed E-state index contributed by atoms with van der Waals surface area (Å²) in [6, 6.07) is 18.8. The third-order valence-corrected chi connectivity index (χ3v) is 5.89. The minimum Gasteiger partial charge on any atom is -0.467 e. The summed E-state index contributed by atoms with van der Waals surface area (Å²) < 4.78 is 5.19. The molecule has 1 aliphatic carbocycles. The number of hydrogen-bond acceptors (Lipinski definition) is 3. The third kappa shape index (κ3) is 4.85. The van der Waals surface area contributed by atoms with E-state index in [1.807, 2.05) is 0 Å². The maximum absolute atomic E-state index is 13.0. The molecule has 32 heavy (non-hydrogen) atoms. The molecular weight excluding hydrogens is 402 g/mol. The average Bonchev–Trinajstić information content (AvgIpc) is 3.42. The minimum atomic E-state index is -0.445. The van der Waals surface area contributed by atoms with Gasteiger partial charge in [0.1, 0.15) is 5.76 Å². The van der Waals surface area contributed by atoms with E-state index in [-0.39, 0.29) is 17.4 Å². The van der Waals surface area contributed by atoms with Crippen molar-refractivity contribution in [1.29, 1.82) is 0 Å². The second-order valence-corrected chi connectivity index (χ2v) is 9.33. The highest BCUT2D eigenvalue weighted by Gasteiger charge is 2.51. The van der Waals surface area contributed by atoms with Crippen LogP contribution in [0.15, 0.2) is 71.3 Å². The zero-order valence-corrected chi connectivity index (χ0v) is 18.7. The summed E-state index contributed by atoms with van der Waals surface area (Å²) >= 11 is 0. The highest BCUT2D eigenvalue weighted by molar-refractivity contribution is 6.01. The maximum atomic E-state index is 13.0. The van der Waals surface area contributed by atoms with Crippen LogP contribution in [-0.4, -0.2) is 11.9 Å². The van der Waals surface area contributed by atoms with E-state index in [0.29, 0.717) is 23.7 Å². The Morgan fingerprint density at radius 1 is 0.906 bits per heavy atom. The summed E-state index contributed by atoms with van der Waals surface area (Å²) in [5.41, 5.74) is 3.30. The second kappa shape index (κ2) is 8.54. The molecule has 3 N–H and O–H groups in total. The van der Waals surface area contributed by atoms with Crippen molar-refractivity contribution in [3.63, 3.8) is 0 Å². The fraction of sp³-hybridized carbons (Fsp3) is 0.308. The molecule has 0 aliphatic heterocycles. The number of carbonyl (C=O) groups excluding carboxylic acids is 2. The van der Waals surface area contributed by atoms with Crippen LogP contribution in [0.3, 0.4) is 0 Å². The normalized spacial score (nSPS) is 14.5. The van der Waals surface area contributed by atoms with Gasteiger partial charge in [0.25, 0.3) is 0 Å². The third-order valence-electron chi connectivity index (χ3n) is 5.89. The zero-order chi connectivity index (χ0) is 22.8. The number of nitrogens with one attached hydrogen (secondary N) is 3. The van der Waals surface area contributed by atoms with Crippen molar-refractivity contribution < 1.29 is 14.0 Å². The lowest BCUT2D eigenvalue weighted by atomic mass is 9.85. The van der Waals surface area contributed by atoms with Gasteiger partial charge in [-0.15, -0.1) is 0 Å². The summed E-state index contributed by atoms with van der Waals surface area (Å²) in [6.07, 6.45) is 3.26. The van der Waals surface area contributed by atoms with Gasteiger partial charge < -0.3 is 20.4 Å². The summed E-state index contributed by atoms with van der Waals surface area (Å²) in [7, 11) is 0. The predicted molar refractivity (Wildman–Crippen MR) is 126 cm³/mol. The number of carbonyl (C=O) groups is 2. The number of rotatable bonds is 6. The van der Waals surface area contributed by atoms with E-state index in [9.17, 15) is 9.59 Å². The SMILES string of the molecule is CC(C)(C)c1ccc(C2(C(=O)Nc3ccc(NC(=O)NCc4ccco4)cc3)CC2)cc1. The Balaban J connectivity index is 1.34. The fourth-order valence-electron chi connectivity index (χ4n) is 3.70. The first-order valence-electron chi connectivity index (χ1n) is 10.9. The van der Waals surface area contributed by atoms with Crippen LogP contribution in [0.5, 0.6) is 0 Å². The van der Waals surface area contributed by atoms with Crippen molar-refractivity contribution in [2.24, 2.45) is 0 Å². The number of anilines is 2. The van der Waals surface area contributed by atoms with Crippen molar-refractivity contribution in [3.8, 4) is 0 Å². The molecule has 1 aromatic heterocycles. The molecule has 0 saturated heterocycles. The largest absolute Gasteiger partial charge is 0.467 e. The topological polar surface area (TPSA) is 83.4 Å². The van der Waals surface area contributed by atoms with E-state index in [2.05, 4.69) is 61.0 Å². The van der Waals surface area contributed by atoms with Crippen LogP contribution in [0.4, 0.5) is 16.2 Å². The molecule has 3 amide bonds. The highest BCUT2D eigenvalue weighted by atomic mass is 16.3. The van der Waals surface area contributed by atoms with E-state index >= 15 is 0 Å². The number of urea groups is 1. The van der Waals surface area contributed by atoms with Gasteiger partial charge in [-0.1, -0.05) is 45.0 Å². The molecule has 4 rings (SSSR count). The van der Waals surface area contributed by atoms with Gasteiger partial charge in [0, 0.05) is 11.4 Å². The Kier molecular flexibility index (Phi) is 5.78. The lowest BCUT2D eigenvalue weighted by molar-refractivity contribution is -0.118. The van der Waals surface area contributed by atoms with E-state index in [1.165, 1.54) is 5.56 Å². The fourth-order valence-corrected chi connectivity index (χ4v) is 3.70. The smallest absolute Gasteiger partial charge is 0.319 e. The number of hydrogen-bond donors (Lipinski definition) is 3. The molecule has 0 spiro atoms. The Hall–Kier alpha value is -3.54. The maximum Gasteiger partial charge on any atom is 0.319 e. The molecule has 0 atom stereocenters. The molecule has 1 aliphatic rings. The summed E-state index contributed by atoms with van der Waals surface area (Å²) in [5.74, 6) is 0.693. The van der Waals surface area contributed by atoms with Crippen molar-refractivity contribution in [3.05, 3.63) is 83.8 Å². The first kappa shape index (κ1) is 21.7. The van der Waals surface area contributed by atoms with Gasteiger partial charge in [-0.25, -0.2) is 4.79 Å². The molecule has 6 heteroatoms. The van der Waals surface area contributed by atoms with Crippen molar-refractivity contribution >= 4 is 23.3 Å². The van der Waals surface area contributed by atoms with Crippen molar-refractivity contribution in [2.45, 2.75) is 51.0 Å². The molecule has 0 unspecified atom stereocenters. The van der Waals surface area contributed by atoms with Gasteiger partial charge in [-0.05, 0) is 65.8 Å². The standard InChI is InChI=1S/C26H29N3O3/c1-25(2,3)18-6-8-19(9-7-18)26(14-15-26)23(30)28-20-10-12-21(13-11-20)29-24(31)27-17-22-5-4-16-32-22/h4-13,16H,14-15,17H2,1-3H3,(H,28,30)(H2,27,29,31). The Labute approximate surface area is 188 Å². The van der Waals surface area contributed by atoms with Crippen LogP contribution in [0.1, 0.15) is 50.5 Å². The summed E-state index contributed by atoms with van der Waals surface area (Å²) in [5, 5.41) is 8.53. The van der Waals surface area contributed by atoms with Gasteiger partial charge in [-0.3, -0.25) is 4.79 Å². The molecule has 0 radical (unpaired) electrons. The van der Waals surface area contributed by atoms with Crippen LogP contribution >= 0.6 is 0 Å². The first-order valence-corrected chi connectivity index (χ1v) is 10.9. The van der Waals surface area contributed by atoms with Crippen LogP contribution in [0.25, 0.3) is 0 Å². The van der Waals surface area contributed by atoms with Crippen LogP contribution < -0.4 is 16.0 Å². The molecule has 166 valence electrons. The Bertz CT molecular complexity index is 1070. The molecule has 1 saturated carbocycles. The Morgan fingerprint density at radius 2 is 1.53 bits per heavy atom. The quantitative estimate of drug-likeness (QED) is 0.477. The molecule has 6 nitrogen and oxygen atoms in total. The molecule has 1 heterocycles. The summed E-state index contributed by atoms with van der Waals surface area (Å²) in [6.45, 7) is 6.86. The predicted octanol–water partition coefficient (Wildman–Crippen LogP) is 5.57. The van der Waals surface area contributed by atoms with Crippen LogP contribution in [0.2, 0.25) is 0 Å². The number of furan rings is 1. The van der Waals surface area contributed by atoms with Gasteiger partial charge in [0.05, 0.1) is 18.2 Å². The molecule has 2 aromatic carbocycles. The molecule has 3 aromatic rings. The zero-order valence-electron chi connectivity index (χ0n) is 18.7. The monoisotopic (exact) mass is 431 g/mol. The minimum absolute atomic E-state index is 0.0120. The Morgan fingerprint density at radius 3 is 2.06 bits per heavy atom. The van der Waals surface area contributed by atoms with Crippen LogP contribution in [-0.2, 0) is 22.2 Å². The first-order chi connectivity index (χ1) is 15.3.